The lowest BCUT2D eigenvalue weighted by molar-refractivity contribution is 0.493. The minimum atomic E-state index is -3.34. The number of hydrogen-bond acceptors (Lipinski definition) is 1. The molecule has 0 saturated carbocycles. The Morgan fingerprint density at radius 2 is 1.39 bits per heavy atom. The van der Waals surface area contributed by atoms with Gasteiger partial charge in [0, 0.05) is 5.30 Å². The van der Waals surface area contributed by atoms with E-state index in [0.717, 1.165) is 16.7 Å². The van der Waals surface area contributed by atoms with Gasteiger partial charge in [0.05, 0.1) is 0 Å². The summed E-state index contributed by atoms with van der Waals surface area (Å²) in [6.45, 7) is 0.709. The molecule has 0 spiro atoms. The normalized spacial score (nSPS) is 11.2. The van der Waals surface area contributed by atoms with Crippen molar-refractivity contribution in [3.63, 3.8) is 0 Å². The van der Waals surface area contributed by atoms with Crippen LogP contribution in [0.1, 0.15) is 11.1 Å². The first-order valence-electron chi connectivity index (χ1n) is 5.39. The molecule has 0 heterocycles. The molecule has 4 heteroatoms. The molecule has 0 amide bonds. The number of hydrogen-bond donors (Lipinski definition) is 2. The molecule has 0 radical (unpaired) electrons. The molecule has 0 bridgehead atoms. The maximum absolute atomic E-state index is 9.39. The molecular formula is C14H13O2PS. The van der Waals surface area contributed by atoms with Crippen LogP contribution in [0.25, 0.3) is 5.57 Å². The summed E-state index contributed by atoms with van der Waals surface area (Å²) in [6.07, 6.45) is 0. The van der Waals surface area contributed by atoms with Gasteiger partial charge in [0.1, 0.15) is 0 Å². The Balaban J connectivity index is 2.31. The van der Waals surface area contributed by atoms with Crippen molar-refractivity contribution in [3.05, 3.63) is 72.3 Å². The van der Waals surface area contributed by atoms with Crippen molar-refractivity contribution in [1.29, 1.82) is 0 Å². The van der Waals surface area contributed by atoms with Crippen molar-refractivity contribution in [1.82, 2.24) is 0 Å². The molecule has 92 valence electrons. The van der Waals surface area contributed by atoms with Gasteiger partial charge in [-0.2, -0.15) is 0 Å². The Morgan fingerprint density at radius 1 is 0.889 bits per heavy atom. The van der Waals surface area contributed by atoms with Crippen LogP contribution < -0.4 is 5.30 Å². The standard InChI is InChI=1S/C14H13O2PS/c1-11(12-5-3-2-4-6-12)13-7-9-14(10-8-13)17(15,16)18/h2-10H,1H2,(H2,15,16,18). The van der Waals surface area contributed by atoms with Crippen molar-refractivity contribution in [2.45, 2.75) is 0 Å². The van der Waals surface area contributed by atoms with Crippen molar-refractivity contribution in [2.24, 2.45) is 0 Å². The van der Waals surface area contributed by atoms with E-state index in [9.17, 15) is 9.79 Å². The Labute approximate surface area is 111 Å². The highest BCUT2D eigenvalue weighted by atomic mass is 32.5. The summed E-state index contributed by atoms with van der Waals surface area (Å²) in [5.41, 5.74) is 2.87. The number of rotatable bonds is 3. The molecule has 2 aromatic rings. The molecule has 2 N–H and O–H groups in total. The smallest absolute Gasteiger partial charge is 0.214 e. The third-order valence-corrected chi connectivity index (χ3v) is 4.28. The van der Waals surface area contributed by atoms with Gasteiger partial charge in [-0.05, 0) is 40.6 Å². The van der Waals surface area contributed by atoms with Crippen LogP contribution in [0.2, 0.25) is 0 Å². The molecule has 0 fully saturated rings. The van der Waals surface area contributed by atoms with E-state index in [1.807, 2.05) is 30.3 Å². The van der Waals surface area contributed by atoms with Crippen molar-refractivity contribution in [3.8, 4) is 0 Å². The fraction of sp³-hybridized carbons (Fsp3) is 0. The summed E-state index contributed by atoms with van der Waals surface area (Å²) >= 11 is 4.65. The summed E-state index contributed by atoms with van der Waals surface area (Å²) in [5, 5.41) is 0.391. The van der Waals surface area contributed by atoms with Gasteiger partial charge in [0.15, 0.2) is 0 Å². The van der Waals surface area contributed by atoms with Crippen molar-refractivity contribution < 1.29 is 9.79 Å². The van der Waals surface area contributed by atoms with E-state index >= 15 is 0 Å². The van der Waals surface area contributed by atoms with Gasteiger partial charge in [-0.15, -0.1) is 0 Å². The second kappa shape index (κ2) is 5.17. The second-order valence-corrected chi connectivity index (χ2v) is 7.07. The van der Waals surface area contributed by atoms with E-state index in [4.69, 9.17) is 0 Å². The quantitative estimate of drug-likeness (QED) is 0.847. The monoisotopic (exact) mass is 276 g/mol. The lowest BCUT2D eigenvalue weighted by Gasteiger charge is -2.10. The molecule has 0 unspecified atom stereocenters. The maximum Gasteiger partial charge on any atom is 0.214 e. The Hall–Kier alpha value is -1.25. The lowest BCUT2D eigenvalue weighted by atomic mass is 10.00. The van der Waals surface area contributed by atoms with Crippen LogP contribution in [0.15, 0.2) is 61.2 Å². The van der Waals surface area contributed by atoms with E-state index in [2.05, 4.69) is 18.4 Å². The first kappa shape index (κ1) is 13.2. The maximum atomic E-state index is 9.39. The van der Waals surface area contributed by atoms with Gasteiger partial charge < -0.3 is 9.79 Å². The zero-order valence-corrected chi connectivity index (χ0v) is 11.4. The molecule has 2 rings (SSSR count). The van der Waals surface area contributed by atoms with Crippen molar-refractivity contribution in [2.75, 3.05) is 0 Å². The van der Waals surface area contributed by atoms with Crippen LogP contribution in [0, 0.1) is 0 Å². The second-order valence-electron chi connectivity index (χ2n) is 3.94. The zero-order valence-electron chi connectivity index (χ0n) is 9.65. The molecule has 18 heavy (non-hydrogen) atoms. The third kappa shape index (κ3) is 2.95. The summed E-state index contributed by atoms with van der Waals surface area (Å²) in [5.74, 6) is 0. The number of benzene rings is 2. The van der Waals surface area contributed by atoms with Gasteiger partial charge in [-0.25, -0.2) is 0 Å². The first-order chi connectivity index (χ1) is 8.48. The highest BCUT2D eigenvalue weighted by molar-refractivity contribution is 8.12. The predicted octanol–water partition coefficient (Wildman–Crippen LogP) is 2.67. The molecule has 0 aliphatic carbocycles. The summed E-state index contributed by atoms with van der Waals surface area (Å²) in [4.78, 5) is 18.8. The van der Waals surface area contributed by atoms with Gasteiger partial charge >= 0.3 is 0 Å². The summed E-state index contributed by atoms with van der Waals surface area (Å²) in [6, 6.07) is 16.7. The van der Waals surface area contributed by atoms with Crippen LogP contribution >= 0.6 is 6.49 Å². The molecule has 2 aromatic carbocycles. The van der Waals surface area contributed by atoms with E-state index in [1.165, 1.54) is 0 Å². The molecule has 0 atom stereocenters. The van der Waals surface area contributed by atoms with E-state index in [-0.39, 0.29) is 0 Å². The molecule has 0 aliphatic heterocycles. The largest absolute Gasteiger partial charge is 0.342 e. The minimum absolute atomic E-state index is 0.391. The van der Waals surface area contributed by atoms with Crippen LogP contribution in [-0.4, -0.2) is 9.79 Å². The lowest BCUT2D eigenvalue weighted by Crippen LogP contribution is -2.02. The predicted molar refractivity (Wildman–Crippen MR) is 79.4 cm³/mol. The molecular weight excluding hydrogens is 263 g/mol. The highest BCUT2D eigenvalue weighted by Crippen LogP contribution is 2.34. The van der Waals surface area contributed by atoms with Crippen LogP contribution in [-0.2, 0) is 11.8 Å². The van der Waals surface area contributed by atoms with Crippen LogP contribution in [0.3, 0.4) is 0 Å². The van der Waals surface area contributed by atoms with Crippen LogP contribution in [0.4, 0.5) is 0 Å². The fourth-order valence-corrected chi connectivity index (χ4v) is 2.57. The Morgan fingerprint density at radius 3 is 1.89 bits per heavy atom. The zero-order chi connectivity index (χ0) is 13.2. The van der Waals surface area contributed by atoms with Gasteiger partial charge in [-0.3, -0.25) is 0 Å². The first-order valence-corrected chi connectivity index (χ1v) is 8.10. The van der Waals surface area contributed by atoms with Crippen molar-refractivity contribution >= 4 is 29.2 Å². The van der Waals surface area contributed by atoms with Gasteiger partial charge in [0.25, 0.3) is 0 Å². The highest BCUT2D eigenvalue weighted by Gasteiger charge is 2.11. The third-order valence-electron chi connectivity index (χ3n) is 2.67. The topological polar surface area (TPSA) is 40.5 Å². The van der Waals surface area contributed by atoms with Crippen LogP contribution in [0.5, 0.6) is 0 Å². The Bertz CT molecular complexity index is 599. The van der Waals surface area contributed by atoms with E-state index in [1.54, 1.807) is 24.3 Å². The molecule has 0 aliphatic rings. The molecule has 0 aromatic heterocycles. The summed E-state index contributed by atoms with van der Waals surface area (Å²) in [7, 11) is 0. The average molecular weight is 276 g/mol. The molecule has 0 saturated heterocycles. The minimum Gasteiger partial charge on any atom is -0.342 e. The van der Waals surface area contributed by atoms with Gasteiger partial charge in [-0.1, -0.05) is 49.0 Å². The molecule has 2 nitrogen and oxygen atoms in total. The SMILES string of the molecule is C=C(c1ccccc1)c1ccc(P(O)(O)=S)cc1. The van der Waals surface area contributed by atoms with E-state index < -0.39 is 6.49 Å². The summed E-state index contributed by atoms with van der Waals surface area (Å²) < 4.78 is 0. The van der Waals surface area contributed by atoms with Gasteiger partial charge in [0.2, 0.25) is 6.49 Å². The van der Waals surface area contributed by atoms with E-state index in [0.29, 0.717) is 5.30 Å². The Kier molecular flexibility index (Phi) is 3.79. The fourth-order valence-electron chi connectivity index (χ4n) is 1.66. The average Bonchev–Trinajstić information content (AvgIpc) is 2.38.